The summed E-state index contributed by atoms with van der Waals surface area (Å²) in [6.45, 7) is 1.10. The second-order valence-corrected chi connectivity index (χ2v) is 9.36. The van der Waals surface area contributed by atoms with Crippen molar-refractivity contribution in [3.63, 3.8) is 0 Å². The highest BCUT2D eigenvalue weighted by atomic mass is 35.5. The van der Waals surface area contributed by atoms with Crippen LogP contribution in [0.5, 0.6) is 11.5 Å². The van der Waals surface area contributed by atoms with Crippen LogP contribution < -0.4 is 4.74 Å². The molecule has 0 heterocycles. The molecule has 0 amide bonds. The number of carboxylic acids is 1. The number of hydrogen-bond donors (Lipinski definition) is 1. The van der Waals surface area contributed by atoms with Crippen molar-refractivity contribution in [1.82, 2.24) is 0 Å². The van der Waals surface area contributed by atoms with E-state index < -0.39 is 35.4 Å². The van der Waals surface area contributed by atoms with E-state index in [9.17, 15) is 19.1 Å². The monoisotopic (exact) mass is 514 g/mol. The minimum Gasteiger partial charge on any atom is -0.479 e. The van der Waals surface area contributed by atoms with Crippen molar-refractivity contribution in [2.75, 3.05) is 0 Å². The van der Waals surface area contributed by atoms with Gasteiger partial charge in [-0.3, -0.25) is 4.79 Å². The molecule has 0 saturated heterocycles. The van der Waals surface area contributed by atoms with Crippen LogP contribution >= 0.6 is 11.6 Å². The largest absolute Gasteiger partial charge is 0.479 e. The number of rotatable bonds is 10. The summed E-state index contributed by atoms with van der Waals surface area (Å²) in [5.41, 5.74) is -2.14. The van der Waals surface area contributed by atoms with Gasteiger partial charge in [0.2, 0.25) is 0 Å². The Labute approximate surface area is 212 Å². The summed E-state index contributed by atoms with van der Waals surface area (Å²) in [6.07, 6.45) is -0.691. The number of carbonyl (C=O) groups excluding carboxylic acids is 1. The molecule has 1 aliphatic rings. The van der Waals surface area contributed by atoms with E-state index in [4.69, 9.17) is 21.1 Å². The second-order valence-electron chi connectivity index (χ2n) is 8.92. The van der Waals surface area contributed by atoms with Gasteiger partial charge in [0.1, 0.15) is 5.75 Å². The van der Waals surface area contributed by atoms with Gasteiger partial charge in [0.25, 0.3) is 5.67 Å². The van der Waals surface area contributed by atoms with Crippen LogP contribution in [0.2, 0.25) is 5.02 Å². The molecule has 188 valence electrons. The van der Waals surface area contributed by atoms with Gasteiger partial charge in [-0.05, 0) is 66.3 Å². The number of esters is 1. The highest BCUT2D eigenvalue weighted by Gasteiger charge is 2.59. The van der Waals surface area contributed by atoms with E-state index in [0.29, 0.717) is 34.7 Å². The molecule has 1 saturated carbocycles. The maximum atomic E-state index is 16.9. The van der Waals surface area contributed by atoms with Crippen molar-refractivity contribution in [1.29, 1.82) is 0 Å². The fourth-order valence-corrected chi connectivity index (χ4v) is 4.61. The number of aliphatic carboxylic acids is 1. The molecule has 36 heavy (non-hydrogen) atoms. The molecule has 1 N–H and O–H groups in total. The number of halogens is 3. The van der Waals surface area contributed by atoms with E-state index in [1.165, 1.54) is 12.1 Å². The van der Waals surface area contributed by atoms with Crippen LogP contribution in [0.4, 0.5) is 8.78 Å². The number of hydrogen-bond acceptors (Lipinski definition) is 4. The van der Waals surface area contributed by atoms with Crippen LogP contribution in [0.25, 0.3) is 0 Å². The fraction of sp³-hybridized carbons (Fsp3) is 0.286. The lowest BCUT2D eigenvalue weighted by Gasteiger charge is -2.36. The third-order valence-electron chi connectivity index (χ3n) is 6.27. The standard InChI is InChI=1S/C28H25ClF2O5/c1-17(32)35-25(16-18-7-14-23(30)24(15-18)36-22-5-3-2-4-6-22)28(31,27(33)34)26(19-8-9-19)20-10-12-21(29)13-11-20/h2-7,10-15,19,25-26H,8-9,16H2,1H3,(H,33,34)/t25-,26+,28-/m0/s1. The lowest BCUT2D eigenvalue weighted by Crippen LogP contribution is -2.53. The van der Waals surface area contributed by atoms with Crippen molar-refractivity contribution in [3.8, 4) is 11.5 Å². The second kappa shape index (κ2) is 10.7. The highest BCUT2D eigenvalue weighted by Crippen LogP contribution is 2.52. The first kappa shape index (κ1) is 25.6. The number of benzene rings is 3. The predicted molar refractivity (Wildman–Crippen MR) is 131 cm³/mol. The van der Waals surface area contributed by atoms with Gasteiger partial charge in [-0.1, -0.05) is 48.0 Å². The van der Waals surface area contributed by atoms with Crippen LogP contribution in [-0.4, -0.2) is 28.8 Å². The van der Waals surface area contributed by atoms with Crippen LogP contribution in [0.1, 0.15) is 36.8 Å². The molecule has 3 aromatic carbocycles. The molecule has 5 nitrogen and oxygen atoms in total. The smallest absolute Gasteiger partial charge is 0.346 e. The van der Waals surface area contributed by atoms with Crippen LogP contribution in [0, 0.1) is 11.7 Å². The quantitative estimate of drug-likeness (QED) is 0.304. The third-order valence-corrected chi connectivity index (χ3v) is 6.52. The number of para-hydroxylation sites is 1. The summed E-state index contributed by atoms with van der Waals surface area (Å²) in [7, 11) is 0. The van der Waals surface area contributed by atoms with Gasteiger partial charge < -0.3 is 14.6 Å². The highest BCUT2D eigenvalue weighted by molar-refractivity contribution is 6.30. The van der Waals surface area contributed by atoms with E-state index >= 15 is 4.39 Å². The molecule has 0 spiro atoms. The molecule has 3 atom stereocenters. The van der Waals surface area contributed by atoms with Gasteiger partial charge in [0.05, 0.1) is 0 Å². The molecule has 0 aromatic heterocycles. The first-order valence-electron chi connectivity index (χ1n) is 11.5. The Morgan fingerprint density at radius 2 is 1.75 bits per heavy atom. The molecule has 4 rings (SSSR count). The minimum atomic E-state index is -2.95. The average Bonchev–Trinajstić information content (AvgIpc) is 3.67. The van der Waals surface area contributed by atoms with Gasteiger partial charge in [-0.15, -0.1) is 0 Å². The first-order chi connectivity index (χ1) is 17.2. The fourth-order valence-electron chi connectivity index (χ4n) is 4.49. The summed E-state index contributed by atoms with van der Waals surface area (Å²) in [6, 6.07) is 18.8. The summed E-state index contributed by atoms with van der Waals surface area (Å²) < 4.78 is 42.3. The molecule has 1 aliphatic carbocycles. The van der Waals surface area contributed by atoms with E-state index in [1.54, 1.807) is 54.6 Å². The number of carboxylic acid groups (broad SMARTS) is 1. The zero-order chi connectivity index (χ0) is 25.9. The predicted octanol–water partition coefficient (Wildman–Crippen LogP) is 6.73. The van der Waals surface area contributed by atoms with Gasteiger partial charge in [0, 0.05) is 24.3 Å². The van der Waals surface area contributed by atoms with Crippen molar-refractivity contribution < 1.29 is 33.0 Å². The molecule has 0 unspecified atom stereocenters. The molecule has 1 fully saturated rings. The van der Waals surface area contributed by atoms with Crippen molar-refractivity contribution >= 4 is 23.5 Å². The Hall–Kier alpha value is -3.45. The zero-order valence-electron chi connectivity index (χ0n) is 19.5. The average molecular weight is 515 g/mol. The Kier molecular flexibility index (Phi) is 7.59. The minimum absolute atomic E-state index is 0.114. The SMILES string of the molecule is CC(=O)O[C@@H](Cc1ccc(F)c(Oc2ccccc2)c1)[C@@](F)(C(=O)O)[C@@H](c1ccc(Cl)cc1)C1CC1. The Bertz CT molecular complexity index is 1230. The molecule has 8 heteroatoms. The van der Waals surface area contributed by atoms with Gasteiger partial charge >= 0.3 is 11.9 Å². The molecule has 0 bridgehead atoms. The summed E-state index contributed by atoms with van der Waals surface area (Å²) in [4.78, 5) is 24.5. The van der Waals surface area contributed by atoms with Gasteiger partial charge in [0.15, 0.2) is 17.7 Å². The van der Waals surface area contributed by atoms with Crippen LogP contribution in [0.15, 0.2) is 72.8 Å². The third kappa shape index (κ3) is 5.68. The van der Waals surface area contributed by atoms with Gasteiger partial charge in [-0.2, -0.15) is 0 Å². The Morgan fingerprint density at radius 3 is 2.33 bits per heavy atom. The maximum absolute atomic E-state index is 16.9. The molecule has 3 aromatic rings. The topological polar surface area (TPSA) is 72.8 Å². The lowest BCUT2D eigenvalue weighted by molar-refractivity contribution is -0.174. The summed E-state index contributed by atoms with van der Waals surface area (Å²) in [5.74, 6) is -4.23. The van der Waals surface area contributed by atoms with E-state index in [2.05, 4.69) is 0 Å². The van der Waals surface area contributed by atoms with Crippen molar-refractivity contribution in [2.24, 2.45) is 5.92 Å². The maximum Gasteiger partial charge on any atom is 0.346 e. The molecule has 0 aliphatic heterocycles. The summed E-state index contributed by atoms with van der Waals surface area (Å²) in [5, 5.41) is 10.6. The normalized spacial score (nSPS) is 16.4. The van der Waals surface area contributed by atoms with E-state index in [-0.39, 0.29) is 18.1 Å². The van der Waals surface area contributed by atoms with E-state index in [0.717, 1.165) is 13.0 Å². The lowest BCUT2D eigenvalue weighted by atomic mass is 9.75. The number of ether oxygens (including phenoxy) is 2. The van der Waals surface area contributed by atoms with Gasteiger partial charge in [-0.25, -0.2) is 13.6 Å². The van der Waals surface area contributed by atoms with Crippen molar-refractivity contribution in [3.05, 3.63) is 94.8 Å². The number of carbonyl (C=O) groups is 2. The zero-order valence-corrected chi connectivity index (χ0v) is 20.3. The number of alkyl halides is 1. The van der Waals surface area contributed by atoms with Crippen LogP contribution in [-0.2, 0) is 20.7 Å². The summed E-state index contributed by atoms with van der Waals surface area (Å²) >= 11 is 5.99. The van der Waals surface area contributed by atoms with Crippen molar-refractivity contribution in [2.45, 2.75) is 43.9 Å². The molecule has 0 radical (unpaired) electrons. The molecular formula is C28H25ClF2O5. The van der Waals surface area contributed by atoms with Crippen LogP contribution in [0.3, 0.4) is 0 Å². The van der Waals surface area contributed by atoms with E-state index in [1.807, 2.05) is 0 Å². The molecular weight excluding hydrogens is 490 g/mol. The Balaban J connectivity index is 1.71. The first-order valence-corrected chi connectivity index (χ1v) is 11.9. The Morgan fingerprint density at radius 1 is 1.08 bits per heavy atom.